The number of carbonyl (C=O) groups excluding carboxylic acids is 2. The third-order valence-electron chi connectivity index (χ3n) is 4.24. The summed E-state index contributed by atoms with van der Waals surface area (Å²) in [5.41, 5.74) is 0.487. The van der Waals surface area contributed by atoms with Crippen LogP contribution < -0.4 is 10.6 Å². The molecule has 0 bridgehead atoms. The molecule has 1 fully saturated rings. The lowest BCUT2D eigenvalue weighted by atomic mass is 9.81. The van der Waals surface area contributed by atoms with Gasteiger partial charge in [-0.25, -0.2) is 0 Å². The number of anilines is 1. The van der Waals surface area contributed by atoms with Gasteiger partial charge in [-0.3, -0.25) is 13.8 Å². The van der Waals surface area contributed by atoms with Crippen LogP contribution in [-0.4, -0.2) is 41.5 Å². The van der Waals surface area contributed by atoms with Crippen LogP contribution in [0.15, 0.2) is 29.2 Å². The van der Waals surface area contributed by atoms with Crippen LogP contribution in [0.2, 0.25) is 0 Å². The molecule has 25 heavy (non-hydrogen) atoms. The third kappa shape index (κ3) is 5.37. The second-order valence-electron chi connectivity index (χ2n) is 7.35. The van der Waals surface area contributed by atoms with E-state index in [0.29, 0.717) is 23.7 Å². The van der Waals surface area contributed by atoms with Gasteiger partial charge in [0.1, 0.15) is 0 Å². The van der Waals surface area contributed by atoms with Crippen LogP contribution in [0.5, 0.6) is 0 Å². The molecule has 1 saturated heterocycles. The van der Waals surface area contributed by atoms with Gasteiger partial charge in [0.15, 0.2) is 0 Å². The van der Waals surface area contributed by atoms with E-state index < -0.39 is 22.6 Å². The molecule has 3 atom stereocenters. The monoisotopic (exact) mass is 366 g/mol. The smallest absolute Gasteiger partial charge is 0.313 e. The Kier molecular flexibility index (Phi) is 6.35. The van der Waals surface area contributed by atoms with Gasteiger partial charge in [-0.15, -0.1) is 0 Å². The Morgan fingerprint density at radius 1 is 1.20 bits per heavy atom. The van der Waals surface area contributed by atoms with Gasteiger partial charge in [-0.2, -0.15) is 0 Å². The minimum absolute atomic E-state index is 0.00470. The lowest BCUT2D eigenvalue weighted by Gasteiger charge is -2.31. The molecule has 2 rings (SSSR count). The number of benzene rings is 1. The highest BCUT2D eigenvalue weighted by molar-refractivity contribution is 7.84. The van der Waals surface area contributed by atoms with Gasteiger partial charge in [-0.05, 0) is 36.1 Å². The number of nitrogens with one attached hydrogen (secondary N) is 2. The summed E-state index contributed by atoms with van der Waals surface area (Å²) in [6.45, 7) is 7.42. The molecular formula is C18H26N2O4S. The van der Waals surface area contributed by atoms with E-state index in [1.54, 1.807) is 30.5 Å². The predicted molar refractivity (Wildman–Crippen MR) is 97.7 cm³/mol. The molecule has 0 aliphatic carbocycles. The fraction of sp³-hybridized carbons (Fsp3) is 0.556. The molecule has 1 aromatic rings. The first-order chi connectivity index (χ1) is 11.7. The quantitative estimate of drug-likeness (QED) is 0.798. The van der Waals surface area contributed by atoms with Gasteiger partial charge in [0, 0.05) is 46.7 Å². The molecule has 138 valence electrons. The molecule has 0 radical (unpaired) electrons. The SMILES string of the molecule is CS(=O)c1ccc(NC(=O)C(=O)NCC2CCOC2C(C)(C)C)cc1. The molecule has 2 N–H and O–H groups in total. The maximum absolute atomic E-state index is 12.0. The van der Waals surface area contributed by atoms with E-state index in [2.05, 4.69) is 31.4 Å². The Morgan fingerprint density at radius 2 is 1.84 bits per heavy atom. The normalized spacial score (nSPS) is 21.6. The molecule has 1 heterocycles. The summed E-state index contributed by atoms with van der Waals surface area (Å²) in [7, 11) is -1.08. The topological polar surface area (TPSA) is 84.5 Å². The summed E-state index contributed by atoms with van der Waals surface area (Å²) in [4.78, 5) is 24.7. The third-order valence-corrected chi connectivity index (χ3v) is 5.18. The van der Waals surface area contributed by atoms with Crippen molar-refractivity contribution < 1.29 is 18.5 Å². The Balaban J connectivity index is 1.86. The van der Waals surface area contributed by atoms with Gasteiger partial charge in [0.05, 0.1) is 6.10 Å². The number of hydrogen-bond donors (Lipinski definition) is 2. The summed E-state index contributed by atoms with van der Waals surface area (Å²) >= 11 is 0. The van der Waals surface area contributed by atoms with Crippen LogP contribution in [0, 0.1) is 11.3 Å². The van der Waals surface area contributed by atoms with Crippen molar-refractivity contribution in [1.29, 1.82) is 0 Å². The van der Waals surface area contributed by atoms with Gasteiger partial charge < -0.3 is 15.4 Å². The highest BCUT2D eigenvalue weighted by atomic mass is 32.2. The standard InChI is InChI=1S/C18H26N2O4S/c1-18(2,3)15-12(9-10-24-15)11-19-16(21)17(22)20-13-5-7-14(8-6-13)25(4)23/h5-8,12,15H,9-11H2,1-4H3,(H,19,21)(H,20,22). The van der Waals surface area contributed by atoms with Gasteiger partial charge in [0.2, 0.25) is 0 Å². The van der Waals surface area contributed by atoms with Crippen LogP contribution in [0.4, 0.5) is 5.69 Å². The second kappa shape index (κ2) is 8.10. The predicted octanol–water partition coefficient (Wildman–Crippen LogP) is 1.93. The van der Waals surface area contributed by atoms with E-state index in [4.69, 9.17) is 4.74 Å². The Hall–Kier alpha value is -1.73. The maximum Gasteiger partial charge on any atom is 0.313 e. The van der Waals surface area contributed by atoms with Crippen LogP contribution in [0.3, 0.4) is 0 Å². The van der Waals surface area contributed by atoms with Crippen molar-refractivity contribution in [2.45, 2.75) is 38.2 Å². The molecule has 0 saturated carbocycles. The van der Waals surface area contributed by atoms with Gasteiger partial charge in [-0.1, -0.05) is 20.8 Å². The number of amides is 2. The van der Waals surface area contributed by atoms with Crippen LogP contribution in [-0.2, 0) is 25.1 Å². The number of carbonyl (C=O) groups is 2. The van der Waals surface area contributed by atoms with E-state index >= 15 is 0 Å². The van der Waals surface area contributed by atoms with Gasteiger partial charge in [0.25, 0.3) is 0 Å². The largest absolute Gasteiger partial charge is 0.377 e. The summed E-state index contributed by atoms with van der Waals surface area (Å²) in [5.74, 6) is -1.17. The van der Waals surface area contributed by atoms with Crippen LogP contribution in [0.1, 0.15) is 27.2 Å². The van der Waals surface area contributed by atoms with Crippen molar-refractivity contribution in [3.8, 4) is 0 Å². The maximum atomic E-state index is 12.0. The summed E-state index contributed by atoms with van der Waals surface area (Å²) in [6, 6.07) is 6.57. The first-order valence-corrected chi connectivity index (χ1v) is 9.88. The zero-order valence-corrected chi connectivity index (χ0v) is 15.9. The number of rotatable bonds is 4. The highest BCUT2D eigenvalue weighted by Gasteiger charge is 2.37. The van der Waals surface area contributed by atoms with E-state index in [1.165, 1.54) is 0 Å². The summed E-state index contributed by atoms with van der Waals surface area (Å²) in [5, 5.41) is 5.24. The molecule has 0 aromatic heterocycles. The first-order valence-electron chi connectivity index (χ1n) is 8.33. The molecule has 2 amide bonds. The van der Waals surface area contributed by atoms with E-state index in [0.717, 1.165) is 6.42 Å². The minimum atomic E-state index is -1.08. The Bertz CT molecular complexity index is 652. The van der Waals surface area contributed by atoms with Crippen molar-refractivity contribution in [2.24, 2.45) is 11.3 Å². The molecule has 3 unspecified atom stereocenters. The lowest BCUT2D eigenvalue weighted by Crippen LogP contribution is -2.42. The van der Waals surface area contributed by atoms with Crippen molar-refractivity contribution >= 4 is 28.3 Å². The molecule has 1 aliphatic rings. The van der Waals surface area contributed by atoms with Crippen LogP contribution in [0.25, 0.3) is 0 Å². The molecular weight excluding hydrogens is 340 g/mol. The van der Waals surface area contributed by atoms with Crippen molar-refractivity contribution in [2.75, 3.05) is 24.7 Å². The highest BCUT2D eigenvalue weighted by Crippen LogP contribution is 2.34. The minimum Gasteiger partial charge on any atom is -0.377 e. The Morgan fingerprint density at radius 3 is 2.40 bits per heavy atom. The molecule has 6 nitrogen and oxygen atoms in total. The fourth-order valence-corrected chi connectivity index (χ4v) is 3.54. The molecule has 7 heteroatoms. The van der Waals surface area contributed by atoms with Gasteiger partial charge >= 0.3 is 11.8 Å². The van der Waals surface area contributed by atoms with Crippen molar-refractivity contribution in [3.63, 3.8) is 0 Å². The zero-order valence-electron chi connectivity index (χ0n) is 15.1. The summed E-state index contributed by atoms with van der Waals surface area (Å²) < 4.78 is 17.1. The fourth-order valence-electron chi connectivity index (χ4n) is 3.02. The van der Waals surface area contributed by atoms with E-state index in [1.807, 2.05) is 0 Å². The molecule has 1 aliphatic heterocycles. The van der Waals surface area contributed by atoms with Crippen molar-refractivity contribution in [1.82, 2.24) is 5.32 Å². The average molecular weight is 366 g/mol. The second-order valence-corrected chi connectivity index (χ2v) is 8.73. The average Bonchev–Trinajstić information content (AvgIpc) is 3.01. The van der Waals surface area contributed by atoms with Crippen molar-refractivity contribution in [3.05, 3.63) is 24.3 Å². The zero-order chi connectivity index (χ0) is 18.6. The van der Waals surface area contributed by atoms with E-state index in [-0.39, 0.29) is 17.4 Å². The van der Waals surface area contributed by atoms with Crippen LogP contribution >= 0.6 is 0 Å². The Labute approximate surface area is 151 Å². The molecule has 0 spiro atoms. The molecule has 1 aromatic carbocycles. The number of ether oxygens (including phenoxy) is 1. The first kappa shape index (κ1) is 19.6. The lowest BCUT2D eigenvalue weighted by molar-refractivity contribution is -0.136. The summed E-state index contributed by atoms with van der Waals surface area (Å²) in [6.07, 6.45) is 2.52. The van der Waals surface area contributed by atoms with E-state index in [9.17, 15) is 13.8 Å². The number of hydrogen-bond acceptors (Lipinski definition) is 4.